The highest BCUT2D eigenvalue weighted by Gasteiger charge is 2.18. The van der Waals surface area contributed by atoms with Crippen LogP contribution in [0.4, 0.5) is 0 Å². The van der Waals surface area contributed by atoms with E-state index in [2.05, 4.69) is 23.0 Å². The van der Waals surface area contributed by atoms with Crippen LogP contribution < -0.4 is 5.69 Å². The van der Waals surface area contributed by atoms with Crippen molar-refractivity contribution in [1.29, 1.82) is 5.26 Å². The molecule has 1 N–H and O–H groups in total. The van der Waals surface area contributed by atoms with E-state index in [0.717, 1.165) is 19.3 Å². The van der Waals surface area contributed by atoms with Gasteiger partial charge >= 0.3 is 5.69 Å². The van der Waals surface area contributed by atoms with Crippen molar-refractivity contribution in [3.8, 4) is 17.2 Å². The second-order valence-corrected chi connectivity index (χ2v) is 6.03. The number of fused-ring (bicyclic) bond motifs is 1. The number of aromatic amines is 1. The van der Waals surface area contributed by atoms with Gasteiger partial charge in [-0.25, -0.2) is 9.78 Å². The minimum absolute atomic E-state index is 0.202. The van der Waals surface area contributed by atoms with Gasteiger partial charge in [-0.1, -0.05) is 49.6 Å². The molecular weight excluding hydrogens is 324 g/mol. The topological polar surface area (TPSA) is 74.5 Å². The zero-order chi connectivity index (χ0) is 17.1. The summed E-state index contributed by atoms with van der Waals surface area (Å²) < 4.78 is 1.67. The van der Waals surface area contributed by atoms with Crippen LogP contribution in [0.5, 0.6) is 0 Å². The molecule has 0 aliphatic rings. The minimum Gasteiger partial charge on any atom is -0.290 e. The molecule has 0 aliphatic heterocycles. The highest BCUT2D eigenvalue weighted by Crippen LogP contribution is 2.35. The molecule has 0 saturated heterocycles. The molecule has 0 atom stereocenters. The van der Waals surface area contributed by atoms with E-state index in [1.807, 2.05) is 12.1 Å². The molecule has 0 aliphatic carbocycles. The van der Waals surface area contributed by atoms with E-state index in [-0.39, 0.29) is 5.69 Å². The van der Waals surface area contributed by atoms with E-state index in [4.69, 9.17) is 11.6 Å². The molecule has 2 aromatic heterocycles. The largest absolute Gasteiger partial charge is 0.327 e. The monoisotopic (exact) mass is 340 g/mol. The van der Waals surface area contributed by atoms with Crippen LogP contribution in [-0.4, -0.2) is 14.5 Å². The molecule has 0 radical (unpaired) electrons. The molecule has 1 aromatic carbocycles. The van der Waals surface area contributed by atoms with E-state index in [0.29, 0.717) is 39.4 Å². The molecule has 0 bridgehead atoms. The molecule has 122 valence electrons. The number of nitrogens with zero attached hydrogens (tertiary/aromatic N) is 3. The number of imidazole rings is 1. The summed E-state index contributed by atoms with van der Waals surface area (Å²) in [7, 11) is 0. The number of aromatic nitrogens is 3. The number of hydrogen-bond acceptors (Lipinski definition) is 3. The maximum atomic E-state index is 12.3. The van der Waals surface area contributed by atoms with Crippen LogP contribution in [0.25, 0.3) is 22.3 Å². The fraction of sp³-hybridized carbons (Fsp3) is 0.278. The number of nitrogens with one attached hydrogen (secondary N) is 1. The van der Waals surface area contributed by atoms with Gasteiger partial charge in [-0.15, -0.1) is 0 Å². The summed E-state index contributed by atoms with van der Waals surface area (Å²) in [6.45, 7) is 2.71. The van der Waals surface area contributed by atoms with Gasteiger partial charge in [0.2, 0.25) is 0 Å². The molecule has 0 fully saturated rings. The van der Waals surface area contributed by atoms with Gasteiger partial charge in [-0.2, -0.15) is 5.26 Å². The first-order chi connectivity index (χ1) is 11.7. The van der Waals surface area contributed by atoms with E-state index in [9.17, 15) is 10.1 Å². The summed E-state index contributed by atoms with van der Waals surface area (Å²) in [4.78, 5) is 19.4. The number of benzene rings is 1. The van der Waals surface area contributed by atoms with E-state index in [1.165, 1.54) is 6.20 Å². The summed E-state index contributed by atoms with van der Waals surface area (Å²) in [5.41, 5.74) is 2.84. The van der Waals surface area contributed by atoms with Crippen LogP contribution in [0.1, 0.15) is 31.7 Å². The summed E-state index contributed by atoms with van der Waals surface area (Å²) in [5, 5.41) is 9.83. The van der Waals surface area contributed by atoms with Crippen molar-refractivity contribution in [3.05, 3.63) is 51.5 Å². The maximum Gasteiger partial charge on any atom is 0.327 e. The quantitative estimate of drug-likeness (QED) is 0.710. The fourth-order valence-electron chi connectivity index (χ4n) is 2.89. The zero-order valence-corrected chi connectivity index (χ0v) is 14.1. The van der Waals surface area contributed by atoms with Gasteiger partial charge in [0.05, 0.1) is 22.2 Å². The average molecular weight is 341 g/mol. The standard InChI is InChI=1S/C18H17ClN4O/c1-2-3-6-9-23-16-15(13-8-5-4-7-12(13)10-20)14(19)11-21-17(16)22-18(23)24/h4-5,7-8,11H,2-3,6,9H2,1H3,(H,21,22,24). The van der Waals surface area contributed by atoms with E-state index in [1.54, 1.807) is 16.7 Å². The zero-order valence-electron chi connectivity index (χ0n) is 13.3. The number of rotatable bonds is 5. The fourth-order valence-corrected chi connectivity index (χ4v) is 3.13. The van der Waals surface area contributed by atoms with Crippen LogP contribution in [0.15, 0.2) is 35.3 Å². The molecule has 0 amide bonds. The third-order valence-corrected chi connectivity index (χ3v) is 4.34. The van der Waals surface area contributed by atoms with Crippen molar-refractivity contribution in [2.45, 2.75) is 32.7 Å². The predicted molar refractivity (Wildman–Crippen MR) is 95.0 cm³/mol. The normalized spacial score (nSPS) is 10.9. The second-order valence-electron chi connectivity index (χ2n) is 5.62. The first-order valence-electron chi connectivity index (χ1n) is 7.94. The Morgan fingerprint density at radius 1 is 1.33 bits per heavy atom. The van der Waals surface area contributed by atoms with Crippen molar-refractivity contribution in [1.82, 2.24) is 14.5 Å². The first-order valence-corrected chi connectivity index (χ1v) is 8.31. The highest BCUT2D eigenvalue weighted by molar-refractivity contribution is 6.34. The number of H-pyrrole nitrogens is 1. The Kier molecular flexibility index (Phi) is 4.68. The van der Waals surface area contributed by atoms with Gasteiger partial charge in [0, 0.05) is 23.9 Å². The van der Waals surface area contributed by atoms with Gasteiger partial charge in [-0.05, 0) is 12.5 Å². The number of pyridine rings is 1. The van der Waals surface area contributed by atoms with Crippen LogP contribution >= 0.6 is 11.6 Å². The second kappa shape index (κ2) is 6.90. The first kappa shape index (κ1) is 16.3. The van der Waals surface area contributed by atoms with Crippen molar-refractivity contribution >= 4 is 22.8 Å². The van der Waals surface area contributed by atoms with Gasteiger partial charge in [0.15, 0.2) is 5.65 Å². The lowest BCUT2D eigenvalue weighted by atomic mass is 10.0. The SMILES string of the molecule is CCCCCn1c(=O)[nH]c2ncc(Cl)c(-c3ccccc3C#N)c21. The number of unbranched alkanes of at least 4 members (excludes halogenated alkanes) is 2. The average Bonchev–Trinajstić information content (AvgIpc) is 2.91. The molecule has 3 rings (SSSR count). The summed E-state index contributed by atoms with van der Waals surface area (Å²) in [6.07, 6.45) is 4.52. The van der Waals surface area contributed by atoms with Gasteiger partial charge in [0.25, 0.3) is 0 Å². The third-order valence-electron chi connectivity index (χ3n) is 4.05. The van der Waals surface area contributed by atoms with Crippen molar-refractivity contribution in [3.63, 3.8) is 0 Å². The molecule has 24 heavy (non-hydrogen) atoms. The predicted octanol–water partition coefficient (Wildman–Crippen LogP) is 4.11. The van der Waals surface area contributed by atoms with Gasteiger partial charge in [0.1, 0.15) is 0 Å². The van der Waals surface area contributed by atoms with Gasteiger partial charge < -0.3 is 0 Å². The van der Waals surface area contributed by atoms with Crippen molar-refractivity contribution < 1.29 is 0 Å². The van der Waals surface area contributed by atoms with E-state index >= 15 is 0 Å². The Balaban J connectivity index is 2.29. The Morgan fingerprint density at radius 2 is 2.12 bits per heavy atom. The number of hydrogen-bond donors (Lipinski definition) is 1. The number of halogens is 1. The van der Waals surface area contributed by atoms with Crippen LogP contribution in [0, 0.1) is 11.3 Å². The lowest BCUT2D eigenvalue weighted by Crippen LogP contribution is -2.17. The molecule has 0 spiro atoms. The summed E-state index contributed by atoms with van der Waals surface area (Å²) >= 11 is 6.41. The Morgan fingerprint density at radius 3 is 2.88 bits per heavy atom. The highest BCUT2D eigenvalue weighted by atomic mass is 35.5. The number of nitriles is 1. The van der Waals surface area contributed by atoms with Crippen molar-refractivity contribution in [2.75, 3.05) is 0 Å². The molecular formula is C18H17ClN4O. The third kappa shape index (κ3) is 2.81. The van der Waals surface area contributed by atoms with Crippen LogP contribution in [0.3, 0.4) is 0 Å². The molecule has 6 heteroatoms. The summed E-state index contributed by atoms with van der Waals surface area (Å²) in [6, 6.07) is 9.43. The summed E-state index contributed by atoms with van der Waals surface area (Å²) in [5.74, 6) is 0. The maximum absolute atomic E-state index is 12.3. The Bertz CT molecular complexity index is 981. The van der Waals surface area contributed by atoms with Gasteiger partial charge in [-0.3, -0.25) is 9.55 Å². The lowest BCUT2D eigenvalue weighted by Gasteiger charge is -2.11. The molecule has 3 aromatic rings. The van der Waals surface area contributed by atoms with Crippen LogP contribution in [0.2, 0.25) is 5.02 Å². The Hall–Kier alpha value is -2.58. The molecule has 5 nitrogen and oxygen atoms in total. The molecule has 2 heterocycles. The molecule has 0 saturated carbocycles. The lowest BCUT2D eigenvalue weighted by molar-refractivity contribution is 0.601. The van der Waals surface area contributed by atoms with E-state index < -0.39 is 0 Å². The van der Waals surface area contributed by atoms with Crippen molar-refractivity contribution in [2.24, 2.45) is 0 Å². The molecule has 0 unspecified atom stereocenters. The smallest absolute Gasteiger partial charge is 0.290 e. The van der Waals surface area contributed by atoms with Crippen LogP contribution in [-0.2, 0) is 6.54 Å². The minimum atomic E-state index is -0.202. The Labute approximate surface area is 144 Å². The number of aryl methyl sites for hydroxylation is 1.